The summed E-state index contributed by atoms with van der Waals surface area (Å²) in [6, 6.07) is 9.13. The van der Waals surface area contributed by atoms with E-state index in [1.165, 1.54) is 0 Å². The number of ether oxygens (including phenoxy) is 1. The lowest BCUT2D eigenvalue weighted by Crippen LogP contribution is -2.57. The molecule has 144 valence electrons. The molecule has 0 saturated carbocycles. The van der Waals surface area contributed by atoms with Gasteiger partial charge in [0.2, 0.25) is 5.91 Å². The van der Waals surface area contributed by atoms with Crippen molar-refractivity contribution in [2.24, 2.45) is 7.05 Å². The minimum Gasteiger partial charge on any atom is -0.497 e. The van der Waals surface area contributed by atoms with E-state index < -0.39 is 0 Å². The summed E-state index contributed by atoms with van der Waals surface area (Å²) >= 11 is 0. The largest absolute Gasteiger partial charge is 0.497 e. The van der Waals surface area contributed by atoms with Gasteiger partial charge in [-0.2, -0.15) is 5.10 Å². The first-order valence-electron chi connectivity index (χ1n) is 9.23. The Hall–Kier alpha value is -2.83. The molecular formula is C20H26N4O3. The molecule has 0 spiro atoms. The summed E-state index contributed by atoms with van der Waals surface area (Å²) in [5.74, 6) is 0.439. The molecule has 1 aromatic heterocycles. The molecule has 1 atom stereocenters. The van der Waals surface area contributed by atoms with Crippen LogP contribution in [0.2, 0.25) is 0 Å². The van der Waals surface area contributed by atoms with E-state index in [0.717, 1.165) is 24.2 Å². The van der Waals surface area contributed by atoms with E-state index in [1.54, 1.807) is 28.6 Å². The topological polar surface area (TPSA) is 67.7 Å². The fraction of sp³-hybridized carbons (Fsp3) is 0.450. The van der Waals surface area contributed by atoms with Crippen LogP contribution < -0.4 is 9.64 Å². The van der Waals surface area contributed by atoms with E-state index in [4.69, 9.17) is 4.74 Å². The number of carbonyl (C=O) groups is 2. The quantitative estimate of drug-likeness (QED) is 0.810. The molecule has 0 N–H and O–H groups in total. The minimum absolute atomic E-state index is 0.0471. The van der Waals surface area contributed by atoms with Crippen LogP contribution in [0.3, 0.4) is 0 Å². The molecule has 2 heterocycles. The molecule has 2 amide bonds. The van der Waals surface area contributed by atoms with Crippen molar-refractivity contribution in [3.63, 3.8) is 0 Å². The van der Waals surface area contributed by atoms with Gasteiger partial charge in [0.15, 0.2) is 0 Å². The predicted octanol–water partition coefficient (Wildman–Crippen LogP) is 2.26. The summed E-state index contributed by atoms with van der Waals surface area (Å²) in [5.41, 5.74) is 2.20. The van der Waals surface area contributed by atoms with Crippen molar-refractivity contribution < 1.29 is 14.3 Å². The Morgan fingerprint density at radius 1 is 1.33 bits per heavy atom. The van der Waals surface area contributed by atoms with Crippen LogP contribution in [0, 0.1) is 0 Å². The number of carbonyl (C=O) groups excluding carboxylic acids is 2. The molecule has 1 unspecified atom stereocenters. The van der Waals surface area contributed by atoms with Crippen LogP contribution in [0.4, 0.5) is 5.69 Å². The van der Waals surface area contributed by atoms with Crippen LogP contribution >= 0.6 is 0 Å². The van der Waals surface area contributed by atoms with Crippen molar-refractivity contribution in [3.05, 3.63) is 41.7 Å². The Balaban J connectivity index is 1.78. The number of amides is 2. The summed E-state index contributed by atoms with van der Waals surface area (Å²) in [5, 5.41) is 4.40. The molecule has 2 aromatic rings. The average Bonchev–Trinajstić information content (AvgIpc) is 3.03. The second kappa shape index (κ2) is 7.82. The Morgan fingerprint density at radius 2 is 2.11 bits per heavy atom. The summed E-state index contributed by atoms with van der Waals surface area (Å²) in [4.78, 5) is 29.1. The van der Waals surface area contributed by atoms with Crippen LogP contribution in [-0.4, -0.2) is 52.7 Å². The summed E-state index contributed by atoms with van der Waals surface area (Å²) in [7, 11) is 3.37. The van der Waals surface area contributed by atoms with Crippen LogP contribution in [0.1, 0.15) is 36.5 Å². The summed E-state index contributed by atoms with van der Waals surface area (Å²) in [6.07, 6.45) is 1.80. The lowest BCUT2D eigenvalue weighted by Gasteiger charge is -2.39. The van der Waals surface area contributed by atoms with Crippen LogP contribution in [-0.2, 0) is 18.3 Å². The zero-order chi connectivity index (χ0) is 19.6. The second-order valence-corrected chi connectivity index (χ2v) is 6.88. The number of nitrogens with zero attached hydrogens (tertiary/aromatic N) is 4. The third-order valence-electron chi connectivity index (χ3n) is 4.87. The average molecular weight is 370 g/mol. The van der Waals surface area contributed by atoms with E-state index in [9.17, 15) is 9.59 Å². The van der Waals surface area contributed by atoms with Gasteiger partial charge in [0.1, 0.15) is 18.0 Å². The number of anilines is 1. The monoisotopic (exact) mass is 370 g/mol. The lowest BCUT2D eigenvalue weighted by molar-refractivity contribution is -0.121. The maximum Gasteiger partial charge on any atom is 0.272 e. The normalized spacial score (nSPS) is 17.3. The highest BCUT2D eigenvalue weighted by atomic mass is 16.5. The molecule has 7 nitrogen and oxygen atoms in total. The first kappa shape index (κ1) is 18.9. The molecule has 0 bridgehead atoms. The number of aromatic nitrogens is 2. The Labute approximate surface area is 159 Å². The van der Waals surface area contributed by atoms with Gasteiger partial charge in [-0.25, -0.2) is 0 Å². The van der Waals surface area contributed by atoms with Gasteiger partial charge in [-0.05, 0) is 31.5 Å². The molecule has 1 aromatic carbocycles. The van der Waals surface area contributed by atoms with Gasteiger partial charge >= 0.3 is 0 Å². The van der Waals surface area contributed by atoms with Gasteiger partial charge in [-0.15, -0.1) is 0 Å². The Bertz CT molecular complexity index is 846. The van der Waals surface area contributed by atoms with E-state index >= 15 is 0 Å². The molecule has 27 heavy (non-hydrogen) atoms. The lowest BCUT2D eigenvalue weighted by atomic mass is 10.1. The highest BCUT2D eigenvalue weighted by molar-refractivity contribution is 6.01. The zero-order valence-electron chi connectivity index (χ0n) is 16.3. The molecule has 0 aliphatic carbocycles. The van der Waals surface area contributed by atoms with Gasteiger partial charge in [0.25, 0.3) is 5.91 Å². The predicted molar refractivity (Wildman–Crippen MR) is 103 cm³/mol. The number of aryl methyl sites for hydroxylation is 2. The number of rotatable bonds is 5. The maximum absolute atomic E-state index is 13.0. The van der Waals surface area contributed by atoms with E-state index in [0.29, 0.717) is 18.0 Å². The van der Waals surface area contributed by atoms with Gasteiger partial charge < -0.3 is 14.5 Å². The fourth-order valence-corrected chi connectivity index (χ4v) is 3.40. The van der Waals surface area contributed by atoms with Gasteiger partial charge in [-0.1, -0.05) is 19.4 Å². The number of hydrogen-bond acceptors (Lipinski definition) is 4. The van der Waals surface area contributed by atoms with Crippen LogP contribution in [0.25, 0.3) is 0 Å². The van der Waals surface area contributed by atoms with Crippen molar-refractivity contribution in [1.82, 2.24) is 14.7 Å². The SMILES string of the molecule is CCCc1cc(C(=O)N2CC(=O)N(c3cccc(OC)c3)CC2C)n(C)n1. The Kier molecular flexibility index (Phi) is 5.48. The van der Waals surface area contributed by atoms with E-state index in [-0.39, 0.29) is 24.4 Å². The zero-order valence-corrected chi connectivity index (χ0v) is 16.3. The van der Waals surface area contributed by atoms with Gasteiger partial charge in [-0.3, -0.25) is 14.3 Å². The van der Waals surface area contributed by atoms with Crippen molar-refractivity contribution in [1.29, 1.82) is 0 Å². The van der Waals surface area contributed by atoms with Gasteiger partial charge in [0, 0.05) is 31.4 Å². The van der Waals surface area contributed by atoms with Crippen molar-refractivity contribution >= 4 is 17.5 Å². The minimum atomic E-state index is -0.154. The van der Waals surface area contributed by atoms with Crippen molar-refractivity contribution in [3.8, 4) is 5.75 Å². The molecule has 1 aliphatic rings. The third kappa shape index (κ3) is 3.82. The fourth-order valence-electron chi connectivity index (χ4n) is 3.40. The third-order valence-corrected chi connectivity index (χ3v) is 4.87. The van der Waals surface area contributed by atoms with Crippen LogP contribution in [0.15, 0.2) is 30.3 Å². The van der Waals surface area contributed by atoms with E-state index in [2.05, 4.69) is 12.0 Å². The Morgan fingerprint density at radius 3 is 2.81 bits per heavy atom. The highest BCUT2D eigenvalue weighted by Crippen LogP contribution is 2.25. The van der Waals surface area contributed by atoms with Crippen molar-refractivity contribution in [2.45, 2.75) is 32.7 Å². The van der Waals surface area contributed by atoms with E-state index in [1.807, 2.05) is 37.3 Å². The highest BCUT2D eigenvalue weighted by Gasteiger charge is 2.34. The number of hydrogen-bond donors (Lipinski definition) is 0. The maximum atomic E-state index is 13.0. The molecule has 7 heteroatoms. The van der Waals surface area contributed by atoms with Gasteiger partial charge in [0.05, 0.1) is 12.8 Å². The standard InChI is InChI=1S/C20H26N4O3/c1-5-7-15-10-18(22(3)21-15)20(26)23-13-19(25)24(12-14(23)2)16-8-6-9-17(11-16)27-4/h6,8-11,14H,5,7,12-13H2,1-4H3. The summed E-state index contributed by atoms with van der Waals surface area (Å²) < 4.78 is 6.86. The first-order valence-corrected chi connectivity index (χ1v) is 9.23. The number of benzene rings is 1. The second-order valence-electron chi connectivity index (χ2n) is 6.88. The summed E-state index contributed by atoms with van der Waals surface area (Å²) in [6.45, 7) is 4.53. The molecule has 3 rings (SSSR count). The van der Waals surface area contributed by atoms with Crippen molar-refractivity contribution in [2.75, 3.05) is 25.1 Å². The molecule has 0 radical (unpaired) electrons. The number of piperazine rings is 1. The molecule has 1 fully saturated rings. The molecule has 1 saturated heterocycles. The molecular weight excluding hydrogens is 344 g/mol. The van der Waals surface area contributed by atoms with Crippen LogP contribution in [0.5, 0.6) is 5.75 Å². The molecule has 1 aliphatic heterocycles. The number of methoxy groups -OCH3 is 1. The first-order chi connectivity index (χ1) is 12.9. The smallest absolute Gasteiger partial charge is 0.272 e.